The Balaban J connectivity index is 2.50. The van der Waals surface area contributed by atoms with Crippen LogP contribution in [0.2, 0.25) is 0 Å². The third-order valence-electron chi connectivity index (χ3n) is 4.04. The molecule has 0 bridgehead atoms. The fourth-order valence-corrected chi connectivity index (χ4v) is 2.72. The predicted octanol–water partition coefficient (Wildman–Crippen LogP) is 1.95. The fourth-order valence-electron chi connectivity index (χ4n) is 2.72. The van der Waals surface area contributed by atoms with Crippen LogP contribution in [0.15, 0.2) is 35.9 Å². The number of hydrogen-bond donors (Lipinski definition) is 1. The maximum Gasteiger partial charge on any atom is 0.290 e. The van der Waals surface area contributed by atoms with Crippen molar-refractivity contribution < 1.29 is 14.7 Å². The van der Waals surface area contributed by atoms with Crippen molar-refractivity contribution in [2.24, 2.45) is 5.41 Å². The van der Waals surface area contributed by atoms with Crippen LogP contribution < -0.4 is 0 Å². The summed E-state index contributed by atoms with van der Waals surface area (Å²) in [4.78, 5) is 33.0. The highest BCUT2D eigenvalue weighted by molar-refractivity contribution is 6.10. The second kappa shape index (κ2) is 6.73. The van der Waals surface area contributed by atoms with Crippen LogP contribution in [0, 0.1) is 5.41 Å². The second-order valence-electron chi connectivity index (χ2n) is 7.33. The molecule has 1 aliphatic rings. The van der Waals surface area contributed by atoms with Gasteiger partial charge < -0.3 is 14.9 Å². The number of likely N-dealkylation sites (N-methyl/N-ethyl adjacent to an activating group) is 1. The second-order valence-corrected chi connectivity index (χ2v) is 7.33. The van der Waals surface area contributed by atoms with Crippen LogP contribution in [0.4, 0.5) is 0 Å². The predicted molar refractivity (Wildman–Crippen MR) is 91.4 cm³/mol. The number of nitrogens with zero attached hydrogens (tertiary/aromatic N) is 3. The Hall–Kier alpha value is -2.21. The molecule has 1 N–H and O–H groups in total. The van der Waals surface area contributed by atoms with Gasteiger partial charge in [0.05, 0.1) is 11.6 Å². The summed E-state index contributed by atoms with van der Waals surface area (Å²) in [5.41, 5.74) is 0.262. The summed E-state index contributed by atoms with van der Waals surface area (Å²) >= 11 is 0. The van der Waals surface area contributed by atoms with Crippen LogP contribution in [0.25, 0.3) is 0 Å². The van der Waals surface area contributed by atoms with Gasteiger partial charge in [0.15, 0.2) is 11.5 Å². The Kier molecular flexibility index (Phi) is 5.08. The monoisotopic (exact) mass is 331 g/mol. The molecule has 1 unspecified atom stereocenters. The topological polar surface area (TPSA) is 73.7 Å². The Bertz CT molecular complexity index is 660. The SMILES string of the molecule is CN(C)CCN1C(=O)C(O)=C(C(=O)C(C)(C)C)C1c1ccncc1. The van der Waals surface area contributed by atoms with Gasteiger partial charge >= 0.3 is 0 Å². The van der Waals surface area contributed by atoms with E-state index in [1.165, 1.54) is 0 Å². The normalized spacial score (nSPS) is 18.7. The molecule has 1 amide bonds. The third kappa shape index (κ3) is 3.48. The van der Waals surface area contributed by atoms with Crippen molar-refractivity contribution in [3.05, 3.63) is 41.4 Å². The summed E-state index contributed by atoms with van der Waals surface area (Å²) in [6.45, 7) is 6.41. The standard InChI is InChI=1S/C18H25N3O3/c1-18(2,3)16(23)13-14(12-6-8-19-9-7-12)21(11-10-20(4)5)17(24)15(13)22/h6-9,14,22H,10-11H2,1-5H3. The molecule has 1 aliphatic heterocycles. The van der Waals surface area contributed by atoms with Gasteiger partial charge in [-0.2, -0.15) is 0 Å². The number of pyridine rings is 1. The van der Waals surface area contributed by atoms with Crippen molar-refractivity contribution >= 4 is 11.7 Å². The summed E-state index contributed by atoms with van der Waals surface area (Å²) in [5, 5.41) is 10.4. The molecule has 0 radical (unpaired) electrons. The minimum absolute atomic E-state index is 0.178. The fraction of sp³-hybridized carbons (Fsp3) is 0.500. The quantitative estimate of drug-likeness (QED) is 0.893. The molecule has 1 aromatic rings. The van der Waals surface area contributed by atoms with Gasteiger partial charge in [0.2, 0.25) is 0 Å². The molecule has 6 heteroatoms. The van der Waals surface area contributed by atoms with Gasteiger partial charge in [-0.3, -0.25) is 14.6 Å². The summed E-state index contributed by atoms with van der Waals surface area (Å²) in [6.07, 6.45) is 3.25. The maximum atomic E-state index is 12.9. The molecular weight excluding hydrogens is 306 g/mol. The van der Waals surface area contributed by atoms with E-state index in [-0.39, 0.29) is 11.4 Å². The minimum Gasteiger partial charge on any atom is -0.503 e. The van der Waals surface area contributed by atoms with E-state index in [0.29, 0.717) is 13.1 Å². The average molecular weight is 331 g/mol. The number of ketones is 1. The van der Waals surface area contributed by atoms with Gasteiger partial charge in [-0.1, -0.05) is 20.8 Å². The molecule has 2 heterocycles. The maximum absolute atomic E-state index is 12.9. The molecule has 0 spiro atoms. The molecule has 2 rings (SSSR count). The van der Waals surface area contributed by atoms with Crippen LogP contribution in [0.5, 0.6) is 0 Å². The minimum atomic E-state index is -0.688. The summed E-state index contributed by atoms with van der Waals surface area (Å²) in [6, 6.07) is 2.97. The first-order chi connectivity index (χ1) is 11.1. The number of aliphatic hydroxyl groups is 1. The molecule has 0 fully saturated rings. The van der Waals surface area contributed by atoms with E-state index in [9.17, 15) is 14.7 Å². The van der Waals surface area contributed by atoms with E-state index >= 15 is 0 Å². The summed E-state index contributed by atoms with van der Waals surface area (Å²) < 4.78 is 0. The number of carbonyl (C=O) groups excluding carboxylic acids is 2. The van der Waals surface area contributed by atoms with Gasteiger partial charge in [0, 0.05) is 30.9 Å². The summed E-state index contributed by atoms with van der Waals surface area (Å²) in [5.74, 6) is -1.15. The highest BCUT2D eigenvalue weighted by atomic mass is 16.3. The molecule has 6 nitrogen and oxygen atoms in total. The molecule has 1 aromatic heterocycles. The molecule has 1 atom stereocenters. The lowest BCUT2D eigenvalue weighted by molar-refractivity contribution is -0.129. The van der Waals surface area contributed by atoms with Gasteiger partial charge in [-0.05, 0) is 31.8 Å². The van der Waals surface area contributed by atoms with Crippen LogP contribution in [-0.4, -0.2) is 58.8 Å². The summed E-state index contributed by atoms with van der Waals surface area (Å²) in [7, 11) is 3.83. The molecule has 130 valence electrons. The first-order valence-corrected chi connectivity index (χ1v) is 7.98. The largest absolute Gasteiger partial charge is 0.503 e. The number of rotatable bonds is 5. The van der Waals surface area contributed by atoms with E-state index in [1.807, 2.05) is 19.0 Å². The Morgan fingerprint density at radius 1 is 1.29 bits per heavy atom. The smallest absolute Gasteiger partial charge is 0.290 e. The molecule has 0 aliphatic carbocycles. The number of amides is 1. The lowest BCUT2D eigenvalue weighted by Gasteiger charge is -2.29. The van der Waals surface area contributed by atoms with Gasteiger partial charge in [0.1, 0.15) is 0 Å². The zero-order chi connectivity index (χ0) is 18.1. The number of carbonyl (C=O) groups is 2. The van der Waals surface area contributed by atoms with E-state index in [0.717, 1.165) is 5.56 Å². The van der Waals surface area contributed by atoms with Gasteiger partial charge in [-0.15, -0.1) is 0 Å². The molecular formula is C18H25N3O3. The zero-order valence-corrected chi connectivity index (χ0v) is 14.9. The number of aliphatic hydroxyl groups excluding tert-OH is 1. The van der Waals surface area contributed by atoms with Crippen molar-refractivity contribution in [2.45, 2.75) is 26.8 Å². The van der Waals surface area contributed by atoms with Crippen molar-refractivity contribution in [1.82, 2.24) is 14.8 Å². The Morgan fingerprint density at radius 3 is 2.38 bits per heavy atom. The lowest BCUT2D eigenvalue weighted by Crippen LogP contribution is -2.37. The van der Waals surface area contributed by atoms with Crippen molar-refractivity contribution in [3.8, 4) is 0 Å². The van der Waals surface area contributed by atoms with Crippen LogP contribution in [0.3, 0.4) is 0 Å². The van der Waals surface area contributed by atoms with Crippen molar-refractivity contribution in [3.63, 3.8) is 0 Å². The zero-order valence-electron chi connectivity index (χ0n) is 14.9. The van der Waals surface area contributed by atoms with Crippen LogP contribution in [-0.2, 0) is 9.59 Å². The highest BCUT2D eigenvalue weighted by Gasteiger charge is 2.45. The first-order valence-electron chi connectivity index (χ1n) is 7.98. The molecule has 0 aromatic carbocycles. The molecule has 0 saturated heterocycles. The van der Waals surface area contributed by atoms with Crippen molar-refractivity contribution in [1.29, 1.82) is 0 Å². The van der Waals surface area contributed by atoms with E-state index in [1.54, 1.807) is 50.2 Å². The first kappa shape index (κ1) is 18.1. The Morgan fingerprint density at radius 2 is 1.88 bits per heavy atom. The van der Waals surface area contributed by atoms with Gasteiger partial charge in [0.25, 0.3) is 5.91 Å². The number of aromatic nitrogens is 1. The molecule has 24 heavy (non-hydrogen) atoms. The average Bonchev–Trinajstić information content (AvgIpc) is 2.76. The van der Waals surface area contributed by atoms with Gasteiger partial charge in [-0.25, -0.2) is 0 Å². The third-order valence-corrected chi connectivity index (χ3v) is 4.04. The number of hydrogen-bond acceptors (Lipinski definition) is 5. The van der Waals surface area contributed by atoms with E-state index in [2.05, 4.69) is 4.98 Å². The lowest BCUT2D eigenvalue weighted by atomic mass is 9.82. The van der Waals surface area contributed by atoms with E-state index in [4.69, 9.17) is 0 Å². The Labute approximate surface area is 142 Å². The highest BCUT2D eigenvalue weighted by Crippen LogP contribution is 2.40. The van der Waals surface area contributed by atoms with E-state index < -0.39 is 23.1 Å². The van der Waals surface area contributed by atoms with Crippen LogP contribution >= 0.6 is 0 Å². The van der Waals surface area contributed by atoms with Crippen molar-refractivity contribution in [2.75, 3.05) is 27.2 Å². The number of Topliss-reactive ketones (excluding diaryl/α,β-unsaturated/α-hetero) is 1. The van der Waals surface area contributed by atoms with Crippen LogP contribution in [0.1, 0.15) is 32.4 Å². The molecule has 0 saturated carbocycles.